The van der Waals surface area contributed by atoms with Gasteiger partial charge in [-0.3, -0.25) is 4.79 Å². The van der Waals surface area contributed by atoms with E-state index in [4.69, 9.17) is 4.74 Å². The Bertz CT molecular complexity index is 798. The van der Waals surface area contributed by atoms with Crippen molar-refractivity contribution in [1.29, 1.82) is 0 Å². The van der Waals surface area contributed by atoms with Crippen molar-refractivity contribution >= 4 is 11.9 Å². The molecule has 0 aliphatic heterocycles. The minimum Gasteiger partial charge on any atom is -0.491 e. The molecule has 2 rings (SSSR count). The maximum Gasteiger partial charge on any atom is 0.242 e. The third-order valence-corrected chi connectivity index (χ3v) is 3.86. The predicted molar refractivity (Wildman–Crippen MR) is 119 cm³/mol. The fraction of sp³-hybridized carbons (Fsp3) is 0.391. The Balaban J connectivity index is 1.88. The number of ether oxygens (including phenoxy) is 1. The first-order chi connectivity index (χ1) is 13.9. The molecule has 0 heterocycles. The van der Waals surface area contributed by atoms with Crippen LogP contribution in [0.4, 0.5) is 0 Å². The fourth-order valence-electron chi connectivity index (χ4n) is 2.73. The highest BCUT2D eigenvalue weighted by Gasteiger charge is 2.13. The Hall–Kier alpha value is -3.02. The zero-order valence-corrected chi connectivity index (χ0v) is 17.8. The first kappa shape index (κ1) is 22.3. The number of nitrogens with one attached hydrogen (secondary N) is 3. The third kappa shape index (κ3) is 8.25. The van der Waals surface area contributed by atoms with Gasteiger partial charge in [0.15, 0.2) is 5.96 Å². The number of rotatable bonds is 8. The average Bonchev–Trinajstić information content (AvgIpc) is 2.69. The Labute approximate surface area is 173 Å². The van der Waals surface area contributed by atoms with E-state index in [1.54, 1.807) is 0 Å². The van der Waals surface area contributed by atoms with Crippen molar-refractivity contribution in [3.05, 3.63) is 54.6 Å². The second-order valence-corrected chi connectivity index (χ2v) is 7.63. The Morgan fingerprint density at radius 3 is 2.38 bits per heavy atom. The predicted octanol–water partition coefficient (Wildman–Crippen LogP) is 3.20. The van der Waals surface area contributed by atoms with Gasteiger partial charge in [-0.2, -0.15) is 0 Å². The van der Waals surface area contributed by atoms with Crippen LogP contribution >= 0.6 is 0 Å². The molecule has 1 amide bonds. The lowest BCUT2D eigenvalue weighted by atomic mass is 10.1. The normalized spacial score (nSPS) is 11.7. The standard InChI is InChI=1S/C23H32N4O2/c1-5-24-22(26-17-21(28)27-23(2,3)4)25-15-16-29-20-14-10-9-13-19(20)18-11-7-6-8-12-18/h6-14H,5,15-17H2,1-4H3,(H,27,28)(H2,24,25,26). The van der Waals surface area contributed by atoms with E-state index >= 15 is 0 Å². The molecule has 6 heteroatoms. The van der Waals surface area contributed by atoms with Crippen LogP contribution in [0, 0.1) is 0 Å². The van der Waals surface area contributed by atoms with Gasteiger partial charge in [0.05, 0.1) is 6.54 Å². The van der Waals surface area contributed by atoms with E-state index in [0.29, 0.717) is 25.7 Å². The van der Waals surface area contributed by atoms with Gasteiger partial charge >= 0.3 is 0 Å². The maximum atomic E-state index is 12.0. The molecule has 0 aromatic heterocycles. The molecule has 2 aromatic carbocycles. The lowest BCUT2D eigenvalue weighted by molar-refractivity contribution is -0.121. The van der Waals surface area contributed by atoms with Gasteiger partial charge in [-0.25, -0.2) is 4.99 Å². The smallest absolute Gasteiger partial charge is 0.242 e. The lowest BCUT2D eigenvalue weighted by Crippen LogP contribution is -2.43. The zero-order valence-electron chi connectivity index (χ0n) is 17.8. The van der Waals surface area contributed by atoms with Crippen LogP contribution < -0.4 is 20.7 Å². The summed E-state index contributed by atoms with van der Waals surface area (Å²) >= 11 is 0. The molecule has 0 saturated heterocycles. The fourth-order valence-corrected chi connectivity index (χ4v) is 2.73. The topological polar surface area (TPSA) is 74.8 Å². The van der Waals surface area contributed by atoms with Crippen LogP contribution in [-0.4, -0.2) is 43.6 Å². The number of carbonyl (C=O) groups excluding carboxylic acids is 1. The number of hydrogen-bond acceptors (Lipinski definition) is 3. The van der Waals surface area contributed by atoms with Gasteiger partial charge in [0.2, 0.25) is 5.91 Å². The molecular weight excluding hydrogens is 364 g/mol. The number of nitrogens with zero attached hydrogens (tertiary/aromatic N) is 1. The number of para-hydroxylation sites is 1. The summed E-state index contributed by atoms with van der Waals surface area (Å²) in [6, 6.07) is 18.2. The summed E-state index contributed by atoms with van der Waals surface area (Å²) in [5, 5.41) is 9.24. The third-order valence-electron chi connectivity index (χ3n) is 3.86. The second kappa shape index (κ2) is 11.1. The van der Waals surface area contributed by atoms with E-state index in [1.165, 1.54) is 0 Å². The number of aliphatic imine (C=N–C) groups is 1. The molecule has 0 aliphatic rings. The van der Waals surface area contributed by atoms with Crippen LogP contribution in [0.5, 0.6) is 5.75 Å². The van der Waals surface area contributed by atoms with Crippen molar-refractivity contribution in [3.8, 4) is 16.9 Å². The molecule has 0 bridgehead atoms. The van der Waals surface area contributed by atoms with Crippen LogP contribution in [0.1, 0.15) is 27.7 Å². The molecule has 0 unspecified atom stereocenters. The molecule has 156 valence electrons. The van der Waals surface area contributed by atoms with Gasteiger partial charge in [0, 0.05) is 17.6 Å². The molecule has 3 N–H and O–H groups in total. The van der Waals surface area contributed by atoms with Gasteiger partial charge in [0.25, 0.3) is 0 Å². The number of carbonyl (C=O) groups is 1. The minimum absolute atomic E-state index is 0.0737. The zero-order chi connectivity index (χ0) is 21.1. The van der Waals surface area contributed by atoms with Crippen LogP contribution in [0.2, 0.25) is 0 Å². The van der Waals surface area contributed by atoms with Gasteiger partial charge in [-0.1, -0.05) is 48.5 Å². The molecule has 6 nitrogen and oxygen atoms in total. The Morgan fingerprint density at radius 1 is 1.00 bits per heavy atom. The Kier molecular flexibility index (Phi) is 8.52. The van der Waals surface area contributed by atoms with Crippen molar-refractivity contribution in [2.24, 2.45) is 4.99 Å². The molecule has 0 atom stereocenters. The highest BCUT2D eigenvalue weighted by atomic mass is 16.5. The second-order valence-electron chi connectivity index (χ2n) is 7.63. The van der Waals surface area contributed by atoms with E-state index in [0.717, 1.165) is 16.9 Å². The maximum absolute atomic E-state index is 12.0. The van der Waals surface area contributed by atoms with Crippen molar-refractivity contribution < 1.29 is 9.53 Å². The van der Waals surface area contributed by atoms with Crippen molar-refractivity contribution in [3.63, 3.8) is 0 Å². The molecule has 0 spiro atoms. The number of hydrogen-bond donors (Lipinski definition) is 3. The van der Waals surface area contributed by atoms with Gasteiger partial charge in [-0.15, -0.1) is 0 Å². The highest BCUT2D eigenvalue weighted by Crippen LogP contribution is 2.29. The van der Waals surface area contributed by atoms with E-state index in [1.807, 2.05) is 64.1 Å². The first-order valence-corrected chi connectivity index (χ1v) is 9.99. The largest absolute Gasteiger partial charge is 0.491 e. The van der Waals surface area contributed by atoms with Gasteiger partial charge in [0.1, 0.15) is 18.9 Å². The molecule has 29 heavy (non-hydrogen) atoms. The quantitative estimate of drug-likeness (QED) is 0.364. The average molecular weight is 397 g/mol. The SMILES string of the molecule is CCNC(=NCC(=O)NC(C)(C)C)NCCOc1ccccc1-c1ccccc1. The molecule has 0 fully saturated rings. The summed E-state index contributed by atoms with van der Waals surface area (Å²) in [7, 11) is 0. The van der Waals surface area contributed by atoms with Crippen LogP contribution in [0.15, 0.2) is 59.6 Å². The summed E-state index contributed by atoms with van der Waals surface area (Å²) in [5.41, 5.74) is 1.92. The monoisotopic (exact) mass is 396 g/mol. The van der Waals surface area contributed by atoms with Gasteiger partial charge in [-0.05, 0) is 39.3 Å². The first-order valence-electron chi connectivity index (χ1n) is 9.99. The van der Waals surface area contributed by atoms with E-state index in [2.05, 4.69) is 39.1 Å². The van der Waals surface area contributed by atoms with E-state index in [9.17, 15) is 4.79 Å². The number of guanidine groups is 1. The van der Waals surface area contributed by atoms with Crippen molar-refractivity contribution in [2.75, 3.05) is 26.2 Å². The summed E-state index contributed by atoms with van der Waals surface area (Å²) in [6.07, 6.45) is 0. The summed E-state index contributed by atoms with van der Waals surface area (Å²) < 4.78 is 5.99. The Morgan fingerprint density at radius 2 is 1.69 bits per heavy atom. The van der Waals surface area contributed by atoms with Crippen LogP contribution in [0.25, 0.3) is 11.1 Å². The van der Waals surface area contributed by atoms with E-state index < -0.39 is 0 Å². The van der Waals surface area contributed by atoms with E-state index in [-0.39, 0.29) is 18.0 Å². The summed E-state index contributed by atoms with van der Waals surface area (Å²) in [5.74, 6) is 1.33. The molecule has 0 saturated carbocycles. The highest BCUT2D eigenvalue weighted by molar-refractivity contribution is 5.85. The van der Waals surface area contributed by atoms with Crippen molar-refractivity contribution in [1.82, 2.24) is 16.0 Å². The molecular formula is C23H32N4O2. The molecule has 2 aromatic rings. The van der Waals surface area contributed by atoms with Crippen LogP contribution in [0.3, 0.4) is 0 Å². The van der Waals surface area contributed by atoms with Crippen LogP contribution in [-0.2, 0) is 4.79 Å². The number of amides is 1. The minimum atomic E-state index is -0.266. The number of benzene rings is 2. The van der Waals surface area contributed by atoms with Gasteiger partial charge < -0.3 is 20.7 Å². The summed E-state index contributed by atoms with van der Waals surface area (Å²) in [6.45, 7) is 9.65. The van der Waals surface area contributed by atoms with Crippen molar-refractivity contribution in [2.45, 2.75) is 33.2 Å². The molecule has 0 radical (unpaired) electrons. The lowest BCUT2D eigenvalue weighted by Gasteiger charge is -2.20. The summed E-state index contributed by atoms with van der Waals surface area (Å²) in [4.78, 5) is 16.3. The molecule has 0 aliphatic carbocycles.